The van der Waals surface area contributed by atoms with Gasteiger partial charge in [-0.3, -0.25) is 9.48 Å². The van der Waals surface area contributed by atoms with Crippen LogP contribution in [0.4, 0.5) is 14.5 Å². The van der Waals surface area contributed by atoms with Gasteiger partial charge in [0.25, 0.3) is 5.91 Å². The Balaban J connectivity index is 1.40. The van der Waals surface area contributed by atoms with Crippen molar-refractivity contribution in [1.82, 2.24) is 29.7 Å². The fraction of sp³-hybridized carbons (Fsp3) is 0.185. The molecule has 2 aromatic carbocycles. The van der Waals surface area contributed by atoms with E-state index in [1.54, 1.807) is 41.1 Å². The number of carbonyl (C=O) groups excluding carboxylic acids is 1. The molecule has 0 unspecified atom stereocenters. The first-order valence-electron chi connectivity index (χ1n) is 12.2. The molecular formula is C27H24ClF2N7O2S. The van der Waals surface area contributed by atoms with E-state index in [0.29, 0.717) is 30.3 Å². The fourth-order valence-corrected chi connectivity index (χ4v) is 4.64. The SMILES string of the molecule is CSc1ccc(CNCCn2cc(NC(=O)c3cnn4cccnc34)c(-c3cc(Cl)ccc3OC(F)F)n2)cc1. The van der Waals surface area contributed by atoms with Gasteiger partial charge in [0.15, 0.2) is 5.65 Å². The van der Waals surface area contributed by atoms with Gasteiger partial charge in [-0.15, -0.1) is 11.8 Å². The van der Waals surface area contributed by atoms with Gasteiger partial charge in [-0.05, 0) is 48.2 Å². The molecule has 0 saturated heterocycles. The van der Waals surface area contributed by atoms with Gasteiger partial charge in [0.1, 0.15) is 17.0 Å². The number of nitrogens with zero attached hydrogens (tertiary/aromatic N) is 5. The summed E-state index contributed by atoms with van der Waals surface area (Å²) in [5.41, 5.74) is 2.47. The predicted molar refractivity (Wildman–Crippen MR) is 150 cm³/mol. The molecule has 0 fully saturated rings. The summed E-state index contributed by atoms with van der Waals surface area (Å²) in [5, 5.41) is 15.2. The number of nitrogens with one attached hydrogen (secondary N) is 2. The number of anilines is 1. The number of hydrogen-bond donors (Lipinski definition) is 2. The van der Waals surface area contributed by atoms with Gasteiger partial charge in [-0.25, -0.2) is 9.50 Å². The number of benzene rings is 2. The van der Waals surface area contributed by atoms with Crippen LogP contribution in [0.2, 0.25) is 5.02 Å². The van der Waals surface area contributed by atoms with Crippen molar-refractivity contribution in [2.24, 2.45) is 0 Å². The molecule has 5 aromatic rings. The molecule has 0 spiro atoms. The summed E-state index contributed by atoms with van der Waals surface area (Å²) in [5.74, 6) is -0.607. The highest BCUT2D eigenvalue weighted by Gasteiger charge is 2.22. The minimum atomic E-state index is -3.06. The van der Waals surface area contributed by atoms with E-state index in [2.05, 4.69) is 50.1 Å². The maximum absolute atomic E-state index is 13.2. The maximum Gasteiger partial charge on any atom is 0.387 e. The number of rotatable bonds is 11. The van der Waals surface area contributed by atoms with Gasteiger partial charge in [0.2, 0.25) is 0 Å². The number of amides is 1. The van der Waals surface area contributed by atoms with Gasteiger partial charge >= 0.3 is 6.61 Å². The van der Waals surface area contributed by atoms with Crippen LogP contribution in [-0.4, -0.2) is 49.7 Å². The van der Waals surface area contributed by atoms with Crippen molar-refractivity contribution in [1.29, 1.82) is 0 Å². The van der Waals surface area contributed by atoms with Crippen molar-refractivity contribution in [3.8, 4) is 17.0 Å². The first-order chi connectivity index (χ1) is 19.4. The molecular weight excluding hydrogens is 560 g/mol. The second kappa shape index (κ2) is 12.5. The average molecular weight is 584 g/mol. The fourth-order valence-electron chi connectivity index (χ4n) is 4.06. The average Bonchev–Trinajstić information content (AvgIpc) is 3.56. The summed E-state index contributed by atoms with van der Waals surface area (Å²) in [4.78, 5) is 18.7. The van der Waals surface area contributed by atoms with E-state index >= 15 is 0 Å². The van der Waals surface area contributed by atoms with Crippen LogP contribution in [0.1, 0.15) is 15.9 Å². The number of ether oxygens (including phenoxy) is 1. The number of hydrogen-bond acceptors (Lipinski definition) is 7. The molecule has 0 bridgehead atoms. The van der Waals surface area contributed by atoms with Crippen molar-refractivity contribution in [2.45, 2.75) is 24.6 Å². The molecule has 2 N–H and O–H groups in total. The summed E-state index contributed by atoms with van der Waals surface area (Å²) in [7, 11) is 0. The minimum absolute atomic E-state index is 0.121. The Kier molecular flexibility index (Phi) is 8.58. The maximum atomic E-state index is 13.2. The topological polar surface area (TPSA) is 98.4 Å². The first kappa shape index (κ1) is 27.6. The molecule has 5 rings (SSSR count). The monoisotopic (exact) mass is 583 g/mol. The van der Waals surface area contributed by atoms with E-state index in [9.17, 15) is 13.6 Å². The predicted octanol–water partition coefficient (Wildman–Crippen LogP) is 5.61. The van der Waals surface area contributed by atoms with Crippen LogP contribution in [0, 0.1) is 0 Å². The lowest BCUT2D eigenvalue weighted by Crippen LogP contribution is -2.19. The molecule has 206 valence electrons. The quantitative estimate of drug-likeness (QED) is 0.154. The summed E-state index contributed by atoms with van der Waals surface area (Å²) in [6.07, 6.45) is 8.30. The minimum Gasteiger partial charge on any atom is -0.434 e. The van der Waals surface area contributed by atoms with E-state index in [1.165, 1.54) is 33.8 Å². The van der Waals surface area contributed by atoms with Gasteiger partial charge in [-0.2, -0.15) is 19.0 Å². The first-order valence-corrected chi connectivity index (χ1v) is 13.8. The largest absolute Gasteiger partial charge is 0.434 e. The smallest absolute Gasteiger partial charge is 0.387 e. The van der Waals surface area contributed by atoms with E-state index in [-0.39, 0.29) is 28.3 Å². The third kappa shape index (κ3) is 6.41. The van der Waals surface area contributed by atoms with Crippen LogP contribution >= 0.6 is 23.4 Å². The summed E-state index contributed by atoms with van der Waals surface area (Å²) >= 11 is 7.88. The Morgan fingerprint density at radius 1 is 1.20 bits per heavy atom. The molecule has 3 heterocycles. The zero-order chi connectivity index (χ0) is 28.1. The number of carbonyl (C=O) groups is 1. The molecule has 0 aliphatic carbocycles. The lowest BCUT2D eigenvalue weighted by atomic mass is 10.1. The Bertz CT molecular complexity index is 1630. The summed E-state index contributed by atoms with van der Waals surface area (Å²) in [6.45, 7) is -1.39. The van der Waals surface area contributed by atoms with Gasteiger partial charge < -0.3 is 15.4 Å². The highest BCUT2D eigenvalue weighted by molar-refractivity contribution is 7.98. The van der Waals surface area contributed by atoms with Crippen LogP contribution in [0.3, 0.4) is 0 Å². The summed E-state index contributed by atoms with van der Waals surface area (Å²) < 4.78 is 34.2. The number of aromatic nitrogens is 5. The molecule has 40 heavy (non-hydrogen) atoms. The zero-order valence-electron chi connectivity index (χ0n) is 21.2. The van der Waals surface area contributed by atoms with E-state index < -0.39 is 12.5 Å². The number of thioether (sulfide) groups is 1. The molecule has 0 radical (unpaired) electrons. The van der Waals surface area contributed by atoms with Crippen LogP contribution in [0.15, 0.2) is 78.2 Å². The molecule has 0 aliphatic heterocycles. The van der Waals surface area contributed by atoms with Crippen LogP contribution < -0.4 is 15.4 Å². The highest BCUT2D eigenvalue weighted by Crippen LogP contribution is 2.37. The van der Waals surface area contributed by atoms with Gasteiger partial charge in [-0.1, -0.05) is 23.7 Å². The Morgan fingerprint density at radius 2 is 2.02 bits per heavy atom. The standard InChI is InChI=1S/C27H24ClF2N7O2S/c1-40-19-6-3-17(4-7-19)14-31-10-12-36-16-22(34-26(38)21-15-33-37-11-2-9-32-25(21)37)24(35-36)20-13-18(28)5-8-23(20)39-27(29)30/h2-9,11,13,15-16,27,31H,10,12,14H2,1H3,(H,34,38). The third-order valence-corrected chi connectivity index (χ3v) is 6.93. The van der Waals surface area contributed by atoms with E-state index in [0.717, 1.165) is 5.56 Å². The van der Waals surface area contributed by atoms with Gasteiger partial charge in [0, 0.05) is 47.2 Å². The molecule has 3 aromatic heterocycles. The Morgan fingerprint density at radius 3 is 2.80 bits per heavy atom. The molecule has 9 nitrogen and oxygen atoms in total. The highest BCUT2D eigenvalue weighted by atomic mass is 35.5. The van der Waals surface area contributed by atoms with Crippen LogP contribution in [-0.2, 0) is 13.1 Å². The number of alkyl halides is 2. The second-order valence-corrected chi connectivity index (χ2v) is 9.91. The van der Waals surface area contributed by atoms with Gasteiger partial charge in [0.05, 0.1) is 18.4 Å². The summed E-state index contributed by atoms with van der Waals surface area (Å²) in [6, 6.07) is 14.2. The Labute approximate surface area is 237 Å². The lowest BCUT2D eigenvalue weighted by Gasteiger charge is -2.11. The van der Waals surface area contributed by atoms with Crippen LogP contribution in [0.25, 0.3) is 16.9 Å². The lowest BCUT2D eigenvalue weighted by molar-refractivity contribution is -0.0494. The number of halogens is 3. The molecule has 13 heteroatoms. The molecule has 1 amide bonds. The van der Waals surface area contributed by atoms with Crippen molar-refractivity contribution in [3.05, 3.63) is 89.5 Å². The van der Waals surface area contributed by atoms with Crippen LogP contribution in [0.5, 0.6) is 5.75 Å². The van der Waals surface area contributed by atoms with Crippen molar-refractivity contribution in [2.75, 3.05) is 18.1 Å². The van der Waals surface area contributed by atoms with E-state index in [1.807, 2.05) is 6.26 Å². The molecule has 0 saturated carbocycles. The molecule has 0 aliphatic rings. The van der Waals surface area contributed by atoms with Crippen molar-refractivity contribution < 1.29 is 18.3 Å². The second-order valence-electron chi connectivity index (χ2n) is 8.60. The van der Waals surface area contributed by atoms with Crippen molar-refractivity contribution in [3.63, 3.8) is 0 Å². The normalized spacial score (nSPS) is 11.3. The zero-order valence-corrected chi connectivity index (χ0v) is 22.8. The van der Waals surface area contributed by atoms with Crippen molar-refractivity contribution >= 4 is 40.6 Å². The third-order valence-electron chi connectivity index (χ3n) is 5.95. The Hall–Kier alpha value is -4.00. The van der Waals surface area contributed by atoms with E-state index in [4.69, 9.17) is 16.3 Å². The number of fused-ring (bicyclic) bond motifs is 1. The molecule has 0 atom stereocenters.